The summed E-state index contributed by atoms with van der Waals surface area (Å²) in [6.07, 6.45) is 0. The van der Waals surface area contributed by atoms with E-state index in [9.17, 15) is 0 Å². The van der Waals surface area contributed by atoms with Crippen LogP contribution in [0, 0.1) is 0 Å². The maximum atomic E-state index is 8.46. The Balaban J connectivity index is -0.0000000483. The Hall–Kier alpha value is 0.652. The van der Waals surface area contributed by atoms with Gasteiger partial charge in [-0.1, -0.05) is 0 Å². The van der Waals surface area contributed by atoms with Crippen molar-refractivity contribution in [1.82, 2.24) is 0 Å². The first-order valence-electron chi connectivity index (χ1n) is 1.34. The van der Waals surface area contributed by atoms with E-state index >= 15 is 0 Å². The van der Waals surface area contributed by atoms with E-state index in [4.69, 9.17) is 18.9 Å². The quantitative estimate of drug-likeness (QED) is 0.411. The van der Waals surface area contributed by atoms with Gasteiger partial charge < -0.3 is 9.79 Å². The minimum absolute atomic E-state index is 0.833. The molecule has 0 aliphatic heterocycles. The molecule has 0 aromatic heterocycles. The van der Waals surface area contributed by atoms with Crippen LogP contribution in [-0.2, 0) is 9.13 Å². The van der Waals surface area contributed by atoms with Crippen LogP contribution in [0.3, 0.4) is 0 Å². The van der Waals surface area contributed by atoms with Crippen LogP contribution in [-0.4, -0.2) is 26.1 Å². The maximum absolute atomic E-state index is 8.46. The molecule has 4 nitrogen and oxygen atoms in total. The van der Waals surface area contributed by atoms with Crippen LogP contribution in [0.1, 0.15) is 0 Å². The summed E-state index contributed by atoms with van der Waals surface area (Å²) in [5.74, 6) is 1.92. The van der Waals surface area contributed by atoms with Gasteiger partial charge in [0.1, 0.15) is 0 Å². The second-order valence-corrected chi connectivity index (χ2v) is 0.490. The number of hydrogen-bond donors (Lipinski definition) is 2. The molecule has 0 aliphatic carbocycles. The van der Waals surface area contributed by atoms with Crippen LogP contribution in [0.4, 0.5) is 0 Å². The van der Waals surface area contributed by atoms with Gasteiger partial charge in [0.15, 0.2) is 0 Å². The van der Waals surface area contributed by atoms with Crippen LogP contribution in [0.15, 0.2) is 0 Å². The molecule has 8 heavy (non-hydrogen) atoms. The molecule has 44 valence electrons. The molecule has 7 heteroatoms. The summed E-state index contributed by atoms with van der Waals surface area (Å²) in [5, 5.41) is 0. The van der Waals surface area contributed by atoms with E-state index in [2.05, 4.69) is 16.3 Å². The van der Waals surface area contributed by atoms with Crippen molar-refractivity contribution in [3.63, 3.8) is 0 Å². The molecule has 0 atom stereocenters. The summed E-state index contributed by atoms with van der Waals surface area (Å²) < 4.78 is 16.9. The van der Waals surface area contributed by atoms with Gasteiger partial charge in [0.05, 0.1) is 0 Å². The fourth-order valence-corrected chi connectivity index (χ4v) is 0. The molecule has 0 unspecified atom stereocenters. The summed E-state index contributed by atoms with van der Waals surface area (Å²) >= 11 is 2.42. The van der Waals surface area contributed by atoms with Gasteiger partial charge in [0.25, 0.3) is 0 Å². The predicted molar refractivity (Wildman–Crippen MR) is 31.3 cm³/mol. The molecule has 0 spiro atoms. The van der Waals surface area contributed by atoms with Crippen molar-refractivity contribution in [2.45, 2.75) is 5.79 Å². The van der Waals surface area contributed by atoms with E-state index < -0.39 is 17.4 Å². The fourth-order valence-electron chi connectivity index (χ4n) is 0. The SMILES string of the molecule is O=PO.O=PO.[CH3][Al+2]. The first-order valence-corrected chi connectivity index (χ1v) is 4.03. The van der Waals surface area contributed by atoms with E-state index in [1.165, 1.54) is 0 Å². The average molecular weight is 170 g/mol. The van der Waals surface area contributed by atoms with Crippen molar-refractivity contribution in [3.8, 4) is 0 Å². The van der Waals surface area contributed by atoms with Gasteiger partial charge in [0.2, 0.25) is 0 Å². The monoisotopic (exact) mass is 170 g/mol. The van der Waals surface area contributed by atoms with Gasteiger partial charge in [-0.15, -0.1) is 0 Å². The van der Waals surface area contributed by atoms with Gasteiger partial charge in [-0.25, -0.2) is 9.13 Å². The molecule has 0 heterocycles. The molecule has 0 aromatic rings. The van der Waals surface area contributed by atoms with Crippen LogP contribution in [0.2, 0.25) is 5.79 Å². The Morgan fingerprint density at radius 1 is 1.12 bits per heavy atom. The first-order chi connectivity index (χ1) is 3.83. The van der Waals surface area contributed by atoms with Crippen molar-refractivity contribution >= 4 is 33.7 Å². The van der Waals surface area contributed by atoms with Crippen LogP contribution < -0.4 is 0 Å². The molecule has 0 radical (unpaired) electrons. The van der Waals surface area contributed by atoms with E-state index in [-0.39, 0.29) is 0 Å². The predicted octanol–water partition coefficient (Wildman–Crippen LogP) is 0.574. The molecule has 2 N–H and O–H groups in total. The van der Waals surface area contributed by atoms with Gasteiger partial charge >= 0.3 is 39.5 Å². The molecule has 0 saturated heterocycles. The molecule has 0 aromatic carbocycles. The zero-order valence-corrected chi connectivity index (χ0v) is 7.13. The minimum atomic E-state index is -0.833. The molecular formula is CH5AlO4P2+2. The van der Waals surface area contributed by atoms with Crippen molar-refractivity contribution in [2.75, 3.05) is 0 Å². The van der Waals surface area contributed by atoms with Crippen LogP contribution in [0.5, 0.6) is 0 Å². The summed E-state index contributed by atoms with van der Waals surface area (Å²) in [4.78, 5) is 14.0. The third-order valence-corrected chi connectivity index (χ3v) is 0. The summed E-state index contributed by atoms with van der Waals surface area (Å²) in [6, 6.07) is 0. The zero-order chi connectivity index (χ0) is 7.41. The molecule has 0 aliphatic rings. The van der Waals surface area contributed by atoms with Gasteiger partial charge in [-0.2, -0.15) is 0 Å². The van der Waals surface area contributed by atoms with E-state index in [0.29, 0.717) is 0 Å². The second kappa shape index (κ2) is 48.1. The third-order valence-electron chi connectivity index (χ3n) is 0. The Labute approximate surface area is 58.9 Å². The summed E-state index contributed by atoms with van der Waals surface area (Å²) in [7, 11) is -1.67. The first kappa shape index (κ1) is 15.9. The standard InChI is InChI=1S/CH3.Al.2HO2P/c;;2*1-3-2/h1H3;;2*(H,1,2)/q;+2;;. The van der Waals surface area contributed by atoms with Crippen molar-refractivity contribution < 1.29 is 18.9 Å². The Kier molecular flexibility index (Phi) is 95.4. The molecule has 0 saturated carbocycles. The van der Waals surface area contributed by atoms with E-state index in [1.807, 2.05) is 5.79 Å². The van der Waals surface area contributed by atoms with Gasteiger partial charge in [-0.05, 0) is 0 Å². The van der Waals surface area contributed by atoms with E-state index in [0.717, 1.165) is 0 Å². The number of hydrogen-bond acceptors (Lipinski definition) is 2. The van der Waals surface area contributed by atoms with Gasteiger partial charge in [-0.3, -0.25) is 0 Å². The molecular weight excluding hydrogens is 165 g/mol. The van der Waals surface area contributed by atoms with Crippen LogP contribution in [0.25, 0.3) is 0 Å². The Morgan fingerprint density at radius 3 is 1.12 bits per heavy atom. The Morgan fingerprint density at radius 2 is 1.12 bits per heavy atom. The third kappa shape index (κ3) is 499. The molecule has 0 amide bonds. The summed E-state index contributed by atoms with van der Waals surface area (Å²) in [6.45, 7) is 0. The Bertz CT molecular complexity index is 35.0. The average Bonchev–Trinajstić information content (AvgIpc) is 1.75. The van der Waals surface area contributed by atoms with Crippen LogP contribution >= 0.6 is 17.4 Å². The molecule has 0 bridgehead atoms. The van der Waals surface area contributed by atoms with Crippen molar-refractivity contribution in [1.29, 1.82) is 0 Å². The fraction of sp³-hybridized carbons (Fsp3) is 1.00. The number of rotatable bonds is 0. The van der Waals surface area contributed by atoms with Gasteiger partial charge in [0, 0.05) is 0 Å². The van der Waals surface area contributed by atoms with Crippen molar-refractivity contribution in [2.24, 2.45) is 0 Å². The molecule has 0 rings (SSSR count). The summed E-state index contributed by atoms with van der Waals surface area (Å²) in [5.41, 5.74) is 0. The van der Waals surface area contributed by atoms with Crippen molar-refractivity contribution in [3.05, 3.63) is 0 Å². The normalized spacial score (nSPS) is 6.12. The zero-order valence-electron chi connectivity index (χ0n) is 4.18. The molecule has 0 fully saturated rings. The van der Waals surface area contributed by atoms with E-state index in [1.54, 1.807) is 0 Å². The second-order valence-electron chi connectivity index (χ2n) is 0.163. The topological polar surface area (TPSA) is 74.6 Å².